The van der Waals surface area contributed by atoms with Gasteiger partial charge in [0.05, 0.1) is 0 Å². The van der Waals surface area contributed by atoms with E-state index in [0.717, 1.165) is 16.4 Å². The van der Waals surface area contributed by atoms with E-state index in [9.17, 15) is 9.90 Å². The van der Waals surface area contributed by atoms with Crippen LogP contribution in [-0.4, -0.2) is 39.7 Å². The fraction of sp³-hybridized carbons (Fsp3) is 0.409. The van der Waals surface area contributed by atoms with E-state index in [-0.39, 0.29) is 26.8 Å². The summed E-state index contributed by atoms with van der Waals surface area (Å²) in [5.41, 5.74) is 1.63. The fourth-order valence-electron chi connectivity index (χ4n) is 3.52. The molecule has 1 aliphatic rings. The molecule has 3 atom stereocenters. The van der Waals surface area contributed by atoms with Crippen molar-refractivity contribution in [3.05, 3.63) is 65.7 Å². The second-order valence-electron chi connectivity index (χ2n) is 6.85. The molecule has 5 heteroatoms. The van der Waals surface area contributed by atoms with E-state index in [4.69, 9.17) is 9.47 Å². The predicted molar refractivity (Wildman–Crippen MR) is 106 cm³/mol. The van der Waals surface area contributed by atoms with Crippen molar-refractivity contribution < 1.29 is 19.4 Å². The van der Waals surface area contributed by atoms with E-state index < -0.39 is 11.7 Å². The van der Waals surface area contributed by atoms with Crippen LogP contribution in [0.2, 0.25) is 5.32 Å². The molecular formula is C22H26O4Se. The van der Waals surface area contributed by atoms with Crippen LogP contribution in [0.3, 0.4) is 0 Å². The Morgan fingerprint density at radius 3 is 2.67 bits per heavy atom. The Hall–Kier alpha value is -1.65. The van der Waals surface area contributed by atoms with Gasteiger partial charge >= 0.3 is 167 Å². The Labute approximate surface area is 167 Å². The summed E-state index contributed by atoms with van der Waals surface area (Å²) in [6.45, 7) is 2.37. The molecule has 2 aromatic rings. The third-order valence-electron chi connectivity index (χ3n) is 5.10. The van der Waals surface area contributed by atoms with Crippen molar-refractivity contribution in [3.63, 3.8) is 0 Å². The molecule has 4 nitrogen and oxygen atoms in total. The number of aliphatic hydroxyl groups excluding tert-OH is 1. The molecule has 0 spiro atoms. The summed E-state index contributed by atoms with van der Waals surface area (Å²) in [6.07, 6.45) is 0.880. The number of hydrogen-bond donors (Lipinski definition) is 1. The number of aliphatic hydroxyl groups is 1. The van der Waals surface area contributed by atoms with Gasteiger partial charge in [0.15, 0.2) is 0 Å². The first-order valence-corrected chi connectivity index (χ1v) is 11.3. The summed E-state index contributed by atoms with van der Waals surface area (Å²) in [5, 5.41) is 11.2. The van der Waals surface area contributed by atoms with Crippen LogP contribution in [0.1, 0.15) is 37.0 Å². The average molecular weight is 433 g/mol. The minimum atomic E-state index is -0.482. The van der Waals surface area contributed by atoms with Crippen LogP contribution in [0.5, 0.6) is 0 Å². The Balaban J connectivity index is 1.85. The molecule has 0 bridgehead atoms. The minimum absolute atomic E-state index is 0.105. The van der Waals surface area contributed by atoms with Crippen molar-refractivity contribution >= 4 is 25.4 Å². The SMILES string of the molecule is CC[C@H](O)c1ccccc1[Se]C[C@]1(c2ccccc2)C[C@H](C(=O)OC)CO1. The molecule has 1 heterocycles. The zero-order valence-electron chi connectivity index (χ0n) is 15.8. The average Bonchev–Trinajstić information content (AvgIpc) is 3.18. The molecule has 144 valence electrons. The summed E-state index contributed by atoms with van der Waals surface area (Å²) in [7, 11) is 1.43. The molecule has 1 saturated heterocycles. The molecule has 0 saturated carbocycles. The van der Waals surface area contributed by atoms with Crippen LogP contribution in [0, 0.1) is 5.92 Å². The van der Waals surface area contributed by atoms with E-state index in [1.54, 1.807) is 0 Å². The maximum atomic E-state index is 12.1. The van der Waals surface area contributed by atoms with Crippen LogP contribution >= 0.6 is 0 Å². The number of methoxy groups -OCH3 is 1. The molecule has 0 amide bonds. The predicted octanol–water partition coefficient (Wildman–Crippen LogP) is 2.98. The standard InChI is InChI=1S/C22H26O4Se/c1-3-19(23)18-11-7-8-12-20(18)27-15-22(17-9-5-4-6-10-17)13-16(14-26-22)21(24)25-2/h4-12,16,19,23H,3,13-15H2,1-2H3/t16-,19-,22-/m0/s1. The summed E-state index contributed by atoms with van der Waals surface area (Å²) in [5.74, 6) is -0.440. The van der Waals surface area contributed by atoms with Gasteiger partial charge in [-0.25, -0.2) is 0 Å². The summed E-state index contributed by atoms with van der Waals surface area (Å²) in [6, 6.07) is 18.2. The van der Waals surface area contributed by atoms with Crippen LogP contribution in [0.4, 0.5) is 0 Å². The first-order chi connectivity index (χ1) is 13.1. The quantitative estimate of drug-likeness (QED) is 0.539. The van der Waals surface area contributed by atoms with Gasteiger partial charge in [0.25, 0.3) is 0 Å². The van der Waals surface area contributed by atoms with E-state index in [2.05, 4.69) is 18.2 Å². The van der Waals surface area contributed by atoms with Gasteiger partial charge in [-0.3, -0.25) is 0 Å². The number of carbonyl (C=O) groups is 1. The Kier molecular flexibility index (Phi) is 6.72. The van der Waals surface area contributed by atoms with Gasteiger partial charge in [0.2, 0.25) is 0 Å². The first kappa shape index (κ1) is 20.1. The van der Waals surface area contributed by atoms with Gasteiger partial charge in [-0.05, 0) is 0 Å². The Morgan fingerprint density at radius 1 is 1.26 bits per heavy atom. The van der Waals surface area contributed by atoms with E-state index >= 15 is 0 Å². The molecule has 2 aromatic carbocycles. The molecule has 0 aromatic heterocycles. The van der Waals surface area contributed by atoms with E-state index in [1.165, 1.54) is 11.6 Å². The molecule has 0 radical (unpaired) electrons. The fourth-order valence-corrected chi connectivity index (χ4v) is 6.25. The van der Waals surface area contributed by atoms with Crippen molar-refractivity contribution in [2.45, 2.75) is 36.8 Å². The van der Waals surface area contributed by atoms with Crippen molar-refractivity contribution in [1.29, 1.82) is 0 Å². The van der Waals surface area contributed by atoms with Crippen molar-refractivity contribution in [2.75, 3.05) is 13.7 Å². The number of hydrogen-bond acceptors (Lipinski definition) is 4. The summed E-state index contributed by atoms with van der Waals surface area (Å²) < 4.78 is 12.4. The van der Waals surface area contributed by atoms with Gasteiger partial charge < -0.3 is 0 Å². The van der Waals surface area contributed by atoms with E-state index in [1.807, 2.05) is 43.3 Å². The van der Waals surface area contributed by atoms with Gasteiger partial charge in [0, 0.05) is 0 Å². The maximum absolute atomic E-state index is 12.1. The number of benzene rings is 2. The third-order valence-corrected chi connectivity index (χ3v) is 7.81. The number of carbonyl (C=O) groups excluding carboxylic acids is 1. The molecule has 1 fully saturated rings. The van der Waals surface area contributed by atoms with Gasteiger partial charge in [-0.2, -0.15) is 0 Å². The van der Waals surface area contributed by atoms with E-state index in [0.29, 0.717) is 19.4 Å². The molecule has 27 heavy (non-hydrogen) atoms. The molecule has 1 N–H and O–H groups in total. The van der Waals surface area contributed by atoms with Crippen molar-refractivity contribution in [3.8, 4) is 0 Å². The van der Waals surface area contributed by atoms with Crippen LogP contribution in [-0.2, 0) is 19.9 Å². The Bertz CT molecular complexity index is 764. The molecule has 0 unspecified atom stereocenters. The summed E-state index contributed by atoms with van der Waals surface area (Å²) in [4.78, 5) is 12.1. The number of esters is 1. The molecule has 0 aliphatic carbocycles. The van der Waals surface area contributed by atoms with Gasteiger partial charge in [0.1, 0.15) is 0 Å². The number of ether oxygens (including phenoxy) is 2. The third kappa shape index (κ3) is 4.44. The first-order valence-electron chi connectivity index (χ1n) is 9.26. The molecular weight excluding hydrogens is 407 g/mol. The molecule has 1 aliphatic heterocycles. The monoisotopic (exact) mass is 434 g/mol. The normalized spacial score (nSPS) is 23.1. The zero-order chi connectivity index (χ0) is 19.3. The second kappa shape index (κ2) is 9.03. The molecule has 3 rings (SSSR count). The van der Waals surface area contributed by atoms with Crippen LogP contribution < -0.4 is 4.46 Å². The van der Waals surface area contributed by atoms with Crippen molar-refractivity contribution in [2.24, 2.45) is 5.92 Å². The Morgan fingerprint density at radius 2 is 1.96 bits per heavy atom. The van der Waals surface area contributed by atoms with Crippen LogP contribution in [0.25, 0.3) is 0 Å². The van der Waals surface area contributed by atoms with Gasteiger partial charge in [-0.15, -0.1) is 0 Å². The number of rotatable bonds is 7. The second-order valence-corrected chi connectivity index (χ2v) is 8.98. The topological polar surface area (TPSA) is 55.8 Å². The zero-order valence-corrected chi connectivity index (χ0v) is 17.5. The van der Waals surface area contributed by atoms with Gasteiger partial charge in [-0.1, -0.05) is 0 Å². The summed E-state index contributed by atoms with van der Waals surface area (Å²) >= 11 is 0.105. The van der Waals surface area contributed by atoms with Crippen LogP contribution in [0.15, 0.2) is 54.6 Å². The van der Waals surface area contributed by atoms with Crippen molar-refractivity contribution in [1.82, 2.24) is 0 Å².